The average molecular weight is 539 g/mol. The molecule has 38 heavy (non-hydrogen) atoms. The van der Waals surface area contributed by atoms with Crippen LogP contribution in [-0.4, -0.2) is 74.5 Å². The Morgan fingerprint density at radius 1 is 1.16 bits per heavy atom. The number of carbonyl (C=O) groups is 2. The molecule has 0 radical (unpaired) electrons. The number of hydrogen-bond donors (Lipinski definition) is 2. The number of nitrogens with one attached hydrogen (secondary N) is 2. The first-order valence-corrected chi connectivity index (χ1v) is 14.4. The van der Waals surface area contributed by atoms with Gasteiger partial charge in [-0.1, -0.05) is 6.07 Å². The Morgan fingerprint density at radius 3 is 2.61 bits per heavy atom. The number of amides is 2. The van der Waals surface area contributed by atoms with Gasteiger partial charge in [0, 0.05) is 44.4 Å². The van der Waals surface area contributed by atoms with Crippen LogP contribution in [-0.2, 0) is 19.6 Å². The molecule has 1 aromatic rings. The fourth-order valence-electron chi connectivity index (χ4n) is 5.00. The lowest BCUT2D eigenvalue weighted by molar-refractivity contribution is -0.121. The molecule has 0 bridgehead atoms. The van der Waals surface area contributed by atoms with Crippen molar-refractivity contribution in [3.8, 4) is 5.75 Å². The number of hydrogen-bond acceptors (Lipinski definition) is 8. The summed E-state index contributed by atoms with van der Waals surface area (Å²) in [6.45, 7) is 1.91. The lowest BCUT2D eigenvalue weighted by Gasteiger charge is -2.36. The lowest BCUT2D eigenvalue weighted by Crippen LogP contribution is -2.49. The van der Waals surface area contributed by atoms with Crippen LogP contribution >= 0.6 is 0 Å². The molecule has 2 aliphatic carbocycles. The highest BCUT2D eigenvalue weighted by atomic mass is 32.2. The highest BCUT2D eigenvalue weighted by molar-refractivity contribution is 7.90. The number of anilines is 1. The first kappa shape index (κ1) is 24.8. The van der Waals surface area contributed by atoms with E-state index in [1.807, 2.05) is 12.1 Å². The fraction of sp³-hybridized carbons (Fsp3) is 0.462. The molecule has 2 saturated carbocycles. The van der Waals surface area contributed by atoms with Crippen molar-refractivity contribution >= 4 is 44.6 Å². The molecule has 1 atom stereocenters. The summed E-state index contributed by atoms with van der Waals surface area (Å²) in [5, 5.41) is 5.35. The molecule has 2 N–H and O–H groups in total. The first-order valence-electron chi connectivity index (χ1n) is 12.9. The molecule has 12 heteroatoms. The summed E-state index contributed by atoms with van der Waals surface area (Å²) in [6.07, 6.45) is 8.12. The van der Waals surface area contributed by atoms with Gasteiger partial charge in [0.2, 0.25) is 21.8 Å². The SMILES string of the molecule is COc1c(N=C2C=C(NC(=O)C3CC3)N=C3C=CNC(=O)C32)cccc1N1CCN(S(=O)(=O)C2CC2)CC1. The van der Waals surface area contributed by atoms with E-state index in [2.05, 4.69) is 20.5 Å². The Bertz CT molecular complexity index is 1400. The van der Waals surface area contributed by atoms with Crippen molar-refractivity contribution < 1.29 is 22.7 Å². The monoisotopic (exact) mass is 538 g/mol. The second kappa shape index (κ2) is 9.66. The van der Waals surface area contributed by atoms with Crippen LogP contribution in [0.3, 0.4) is 0 Å². The van der Waals surface area contributed by atoms with E-state index in [9.17, 15) is 18.0 Å². The molecular formula is C26H30N6O5S. The Morgan fingerprint density at radius 2 is 1.92 bits per heavy atom. The van der Waals surface area contributed by atoms with Crippen LogP contribution in [0.1, 0.15) is 25.7 Å². The molecule has 1 unspecified atom stereocenters. The highest BCUT2D eigenvalue weighted by Gasteiger charge is 2.41. The van der Waals surface area contributed by atoms with Gasteiger partial charge in [-0.3, -0.25) is 9.59 Å². The van der Waals surface area contributed by atoms with Gasteiger partial charge >= 0.3 is 0 Å². The summed E-state index contributed by atoms with van der Waals surface area (Å²) >= 11 is 0. The summed E-state index contributed by atoms with van der Waals surface area (Å²) in [4.78, 5) is 36.6. The van der Waals surface area contributed by atoms with Crippen molar-refractivity contribution in [2.24, 2.45) is 21.8 Å². The number of allylic oxidation sites excluding steroid dienone is 2. The van der Waals surface area contributed by atoms with Crippen molar-refractivity contribution in [1.82, 2.24) is 14.9 Å². The summed E-state index contributed by atoms with van der Waals surface area (Å²) < 4.78 is 32.7. The maximum Gasteiger partial charge on any atom is 0.239 e. The Labute approximate surface area is 221 Å². The Balaban J connectivity index is 1.29. The van der Waals surface area contributed by atoms with Crippen LogP contribution in [0.25, 0.3) is 0 Å². The van der Waals surface area contributed by atoms with Gasteiger partial charge in [0.05, 0.1) is 29.5 Å². The summed E-state index contributed by atoms with van der Waals surface area (Å²) in [7, 11) is -1.64. The third-order valence-corrected chi connectivity index (χ3v) is 9.78. The zero-order valence-electron chi connectivity index (χ0n) is 21.1. The molecule has 11 nitrogen and oxygen atoms in total. The molecule has 3 heterocycles. The molecule has 2 amide bonds. The van der Waals surface area contributed by atoms with Crippen LogP contribution in [0.2, 0.25) is 0 Å². The first-order chi connectivity index (χ1) is 18.3. The third-order valence-electron chi connectivity index (χ3n) is 7.38. The second-order valence-corrected chi connectivity index (χ2v) is 12.3. The largest absolute Gasteiger partial charge is 0.492 e. The van der Waals surface area contributed by atoms with Crippen LogP contribution in [0.5, 0.6) is 5.75 Å². The van der Waals surface area contributed by atoms with Gasteiger partial charge in [-0.2, -0.15) is 4.31 Å². The van der Waals surface area contributed by atoms with Gasteiger partial charge in [0.25, 0.3) is 0 Å². The predicted octanol–water partition coefficient (Wildman–Crippen LogP) is 1.46. The number of methoxy groups -OCH3 is 1. The molecule has 3 aliphatic heterocycles. The Kier molecular flexibility index (Phi) is 6.31. The molecule has 0 spiro atoms. The predicted molar refractivity (Wildman–Crippen MR) is 143 cm³/mol. The Hall–Kier alpha value is -3.51. The zero-order valence-corrected chi connectivity index (χ0v) is 21.9. The van der Waals surface area contributed by atoms with Crippen molar-refractivity contribution in [2.75, 3.05) is 38.2 Å². The molecule has 6 rings (SSSR count). The molecule has 5 aliphatic rings. The molecule has 3 fully saturated rings. The minimum atomic E-state index is -3.21. The van der Waals surface area contributed by atoms with Crippen molar-refractivity contribution in [3.05, 3.63) is 42.4 Å². The number of benzene rings is 1. The van der Waals surface area contributed by atoms with E-state index in [4.69, 9.17) is 9.73 Å². The van der Waals surface area contributed by atoms with Gasteiger partial charge < -0.3 is 20.3 Å². The van der Waals surface area contributed by atoms with E-state index in [-0.39, 0.29) is 23.0 Å². The van der Waals surface area contributed by atoms with Gasteiger partial charge in [0.15, 0.2) is 5.75 Å². The number of carbonyl (C=O) groups excluding carboxylic acids is 2. The summed E-state index contributed by atoms with van der Waals surface area (Å²) in [6, 6.07) is 5.60. The van der Waals surface area contributed by atoms with Gasteiger partial charge in [0.1, 0.15) is 17.4 Å². The van der Waals surface area contributed by atoms with Crippen molar-refractivity contribution in [2.45, 2.75) is 30.9 Å². The maximum atomic E-state index is 12.8. The van der Waals surface area contributed by atoms with E-state index >= 15 is 0 Å². The highest BCUT2D eigenvalue weighted by Crippen LogP contribution is 2.40. The molecule has 200 valence electrons. The van der Waals surface area contributed by atoms with Gasteiger partial charge in [-0.05, 0) is 43.9 Å². The third kappa shape index (κ3) is 4.73. The quantitative estimate of drug-likeness (QED) is 0.540. The van der Waals surface area contributed by atoms with Crippen molar-refractivity contribution in [1.29, 1.82) is 0 Å². The number of para-hydroxylation sites is 1. The van der Waals surface area contributed by atoms with E-state index < -0.39 is 15.9 Å². The number of piperazine rings is 1. The minimum absolute atomic E-state index is 0.0101. The van der Waals surface area contributed by atoms with Crippen LogP contribution < -0.4 is 20.3 Å². The minimum Gasteiger partial charge on any atom is -0.492 e. The normalized spacial score (nSPS) is 24.9. The number of rotatable bonds is 7. The maximum absolute atomic E-state index is 12.8. The van der Waals surface area contributed by atoms with Crippen LogP contribution in [0.4, 0.5) is 11.4 Å². The zero-order chi connectivity index (χ0) is 26.4. The molecular weight excluding hydrogens is 508 g/mol. The van der Waals surface area contributed by atoms with E-state index in [1.54, 1.807) is 29.6 Å². The summed E-state index contributed by atoms with van der Waals surface area (Å²) in [5.41, 5.74) is 2.28. The topological polar surface area (TPSA) is 133 Å². The second-order valence-electron chi connectivity index (χ2n) is 10.1. The standard InChI is InChI=1S/C26H30N6O5S/c1-37-24-19(3-2-4-21(24)31-11-13-32(14-12-31)38(35,36)17-7-8-17)28-20-15-22(30-25(33)16-5-6-16)29-18-9-10-27-26(34)23(18)20/h2-4,9-10,15-17,23H,5-8,11-14H2,1H3,(H,27,34)(H,30,33). The van der Waals surface area contributed by atoms with Gasteiger partial charge in [-0.15, -0.1) is 0 Å². The number of aliphatic imine (C=N–C) groups is 2. The lowest BCUT2D eigenvalue weighted by atomic mass is 9.91. The smallest absolute Gasteiger partial charge is 0.239 e. The van der Waals surface area contributed by atoms with Crippen LogP contribution in [0.15, 0.2) is 52.4 Å². The van der Waals surface area contributed by atoms with E-state index in [0.717, 1.165) is 31.4 Å². The molecule has 1 saturated heterocycles. The molecule has 0 aromatic heterocycles. The number of fused-ring (bicyclic) bond motifs is 1. The van der Waals surface area contributed by atoms with E-state index in [1.165, 1.54) is 6.20 Å². The fourth-order valence-corrected chi connectivity index (χ4v) is 6.82. The number of ether oxygens (including phenoxy) is 1. The van der Waals surface area contributed by atoms with Crippen molar-refractivity contribution in [3.63, 3.8) is 0 Å². The number of nitrogens with zero attached hydrogens (tertiary/aromatic N) is 4. The van der Waals surface area contributed by atoms with Crippen LogP contribution in [0, 0.1) is 11.8 Å². The molecule has 1 aromatic carbocycles. The number of sulfonamides is 1. The van der Waals surface area contributed by atoms with E-state index in [0.29, 0.717) is 54.9 Å². The average Bonchev–Trinajstić information content (AvgIpc) is 3.81. The summed E-state index contributed by atoms with van der Waals surface area (Å²) in [5.74, 6) is -0.148. The van der Waals surface area contributed by atoms with Gasteiger partial charge in [-0.25, -0.2) is 18.4 Å².